The maximum Gasteiger partial charge on any atom is 0.227 e. The van der Waals surface area contributed by atoms with Crippen LogP contribution in [0.3, 0.4) is 0 Å². The Kier molecular flexibility index (Phi) is 5.77. The molecular formula is C42H24N4O2. The monoisotopic (exact) mass is 616 g/mol. The number of furan rings is 1. The zero-order chi connectivity index (χ0) is 31.6. The quantitative estimate of drug-likeness (QED) is 0.183. The Balaban J connectivity index is 1.20. The molecule has 0 amide bonds. The SMILES string of the molecule is c1ccc(-c2nc(-c3ccc4ccc5ccccc5c4c3)nc(-c3cccc4oc5cc6nc(-c7ccccc7)oc6cc5c34)n2)cc1. The Morgan fingerprint density at radius 2 is 1.06 bits per heavy atom. The van der Waals surface area contributed by atoms with Crippen LogP contribution in [0.1, 0.15) is 0 Å². The van der Waals surface area contributed by atoms with Crippen molar-refractivity contribution in [2.24, 2.45) is 0 Å². The molecule has 6 heteroatoms. The predicted molar refractivity (Wildman–Crippen MR) is 191 cm³/mol. The Morgan fingerprint density at radius 1 is 0.375 bits per heavy atom. The molecule has 7 aromatic carbocycles. The Morgan fingerprint density at radius 3 is 1.90 bits per heavy atom. The van der Waals surface area contributed by atoms with E-state index in [-0.39, 0.29) is 0 Å². The molecule has 0 radical (unpaired) electrons. The number of aromatic nitrogens is 4. The van der Waals surface area contributed by atoms with Crippen molar-refractivity contribution in [2.45, 2.75) is 0 Å². The van der Waals surface area contributed by atoms with Gasteiger partial charge in [0.2, 0.25) is 5.89 Å². The molecule has 6 nitrogen and oxygen atoms in total. The van der Waals surface area contributed by atoms with Crippen molar-refractivity contribution in [3.63, 3.8) is 0 Å². The number of nitrogens with zero attached hydrogens (tertiary/aromatic N) is 4. The minimum Gasteiger partial charge on any atom is -0.456 e. The fourth-order valence-corrected chi connectivity index (χ4v) is 6.62. The van der Waals surface area contributed by atoms with E-state index in [0.29, 0.717) is 28.9 Å². The van der Waals surface area contributed by atoms with Crippen LogP contribution in [-0.4, -0.2) is 19.9 Å². The van der Waals surface area contributed by atoms with Gasteiger partial charge < -0.3 is 8.83 Å². The number of hydrogen-bond acceptors (Lipinski definition) is 6. The van der Waals surface area contributed by atoms with Crippen LogP contribution in [-0.2, 0) is 0 Å². The second-order valence-electron chi connectivity index (χ2n) is 11.9. The summed E-state index contributed by atoms with van der Waals surface area (Å²) >= 11 is 0. The van der Waals surface area contributed by atoms with Crippen molar-refractivity contribution in [1.82, 2.24) is 19.9 Å². The van der Waals surface area contributed by atoms with Gasteiger partial charge in [0.15, 0.2) is 23.1 Å². The van der Waals surface area contributed by atoms with Gasteiger partial charge in [-0.1, -0.05) is 109 Å². The maximum absolute atomic E-state index is 6.40. The van der Waals surface area contributed by atoms with Gasteiger partial charge in [0.1, 0.15) is 16.7 Å². The molecule has 0 saturated carbocycles. The van der Waals surface area contributed by atoms with Gasteiger partial charge >= 0.3 is 0 Å². The van der Waals surface area contributed by atoms with Crippen LogP contribution in [0.15, 0.2) is 154 Å². The van der Waals surface area contributed by atoms with E-state index in [1.807, 2.05) is 91.0 Å². The average molecular weight is 617 g/mol. The summed E-state index contributed by atoms with van der Waals surface area (Å²) in [4.78, 5) is 20.0. The molecule has 0 spiro atoms. The van der Waals surface area contributed by atoms with Gasteiger partial charge in [-0.25, -0.2) is 19.9 Å². The molecule has 10 aromatic rings. The van der Waals surface area contributed by atoms with Crippen LogP contribution in [0.25, 0.3) is 100 Å². The van der Waals surface area contributed by atoms with E-state index >= 15 is 0 Å². The lowest BCUT2D eigenvalue weighted by Crippen LogP contribution is -2.00. The van der Waals surface area contributed by atoms with Crippen molar-refractivity contribution in [3.8, 4) is 45.6 Å². The van der Waals surface area contributed by atoms with Crippen LogP contribution < -0.4 is 0 Å². The molecule has 0 aliphatic rings. The van der Waals surface area contributed by atoms with Crippen LogP contribution in [0.2, 0.25) is 0 Å². The summed E-state index contributed by atoms with van der Waals surface area (Å²) in [6.45, 7) is 0. The number of benzene rings is 7. The van der Waals surface area contributed by atoms with Gasteiger partial charge in [-0.15, -0.1) is 0 Å². The molecule has 224 valence electrons. The van der Waals surface area contributed by atoms with Crippen LogP contribution in [0.4, 0.5) is 0 Å². The summed E-state index contributed by atoms with van der Waals surface area (Å²) < 4.78 is 12.7. The van der Waals surface area contributed by atoms with Gasteiger partial charge in [-0.3, -0.25) is 0 Å². The lowest BCUT2D eigenvalue weighted by atomic mass is 9.99. The molecule has 10 rings (SSSR count). The van der Waals surface area contributed by atoms with E-state index < -0.39 is 0 Å². The summed E-state index contributed by atoms with van der Waals surface area (Å²) in [7, 11) is 0. The van der Waals surface area contributed by atoms with Gasteiger partial charge in [-0.2, -0.15) is 0 Å². The van der Waals surface area contributed by atoms with Crippen molar-refractivity contribution in [3.05, 3.63) is 146 Å². The highest BCUT2D eigenvalue weighted by molar-refractivity contribution is 6.14. The molecular weight excluding hydrogens is 592 g/mol. The summed E-state index contributed by atoms with van der Waals surface area (Å²) in [5, 5.41) is 6.52. The third-order valence-electron chi connectivity index (χ3n) is 8.94. The normalized spacial score (nSPS) is 11.8. The minimum absolute atomic E-state index is 0.563. The third kappa shape index (κ3) is 4.27. The van der Waals surface area contributed by atoms with E-state index in [0.717, 1.165) is 55.1 Å². The van der Waals surface area contributed by atoms with Crippen LogP contribution >= 0.6 is 0 Å². The zero-order valence-electron chi connectivity index (χ0n) is 25.5. The van der Waals surface area contributed by atoms with Crippen LogP contribution in [0, 0.1) is 0 Å². The predicted octanol–water partition coefficient (Wildman–Crippen LogP) is 10.9. The second-order valence-corrected chi connectivity index (χ2v) is 11.9. The molecule has 0 unspecified atom stereocenters. The summed E-state index contributed by atoms with van der Waals surface area (Å²) in [5.74, 6) is 2.33. The molecule has 0 atom stereocenters. The first-order valence-corrected chi connectivity index (χ1v) is 15.8. The van der Waals surface area contributed by atoms with Crippen molar-refractivity contribution in [1.29, 1.82) is 0 Å². The lowest BCUT2D eigenvalue weighted by molar-refractivity contribution is 0.620. The Hall–Kier alpha value is -6.66. The third-order valence-corrected chi connectivity index (χ3v) is 8.94. The molecule has 3 aromatic heterocycles. The highest BCUT2D eigenvalue weighted by Gasteiger charge is 2.20. The van der Waals surface area contributed by atoms with Gasteiger partial charge in [0.05, 0.1) is 0 Å². The first kappa shape index (κ1) is 26.5. The second kappa shape index (κ2) is 10.4. The van der Waals surface area contributed by atoms with Crippen molar-refractivity contribution < 1.29 is 8.83 Å². The van der Waals surface area contributed by atoms with E-state index in [1.165, 1.54) is 16.2 Å². The number of hydrogen-bond donors (Lipinski definition) is 0. The minimum atomic E-state index is 0.563. The Bertz CT molecular complexity index is 2840. The molecule has 0 N–H and O–H groups in total. The highest BCUT2D eigenvalue weighted by atomic mass is 16.4. The largest absolute Gasteiger partial charge is 0.456 e. The molecule has 48 heavy (non-hydrogen) atoms. The average Bonchev–Trinajstić information content (AvgIpc) is 3.74. The van der Waals surface area contributed by atoms with E-state index in [4.69, 9.17) is 28.8 Å². The fourth-order valence-electron chi connectivity index (χ4n) is 6.62. The molecule has 0 fully saturated rings. The van der Waals surface area contributed by atoms with E-state index in [2.05, 4.69) is 54.6 Å². The van der Waals surface area contributed by atoms with Gasteiger partial charge in [0, 0.05) is 39.1 Å². The molecule has 0 saturated heterocycles. The van der Waals surface area contributed by atoms with Gasteiger partial charge in [0.25, 0.3) is 0 Å². The summed E-state index contributed by atoms with van der Waals surface area (Å²) in [5.41, 5.74) is 6.47. The van der Waals surface area contributed by atoms with Crippen LogP contribution in [0.5, 0.6) is 0 Å². The zero-order valence-corrected chi connectivity index (χ0v) is 25.5. The number of fused-ring (bicyclic) bond motifs is 7. The first-order valence-electron chi connectivity index (χ1n) is 15.8. The van der Waals surface area contributed by atoms with Gasteiger partial charge in [-0.05, 0) is 51.9 Å². The smallest absolute Gasteiger partial charge is 0.227 e. The van der Waals surface area contributed by atoms with E-state index in [1.54, 1.807) is 0 Å². The summed E-state index contributed by atoms with van der Waals surface area (Å²) in [6.07, 6.45) is 0. The standard InChI is InChI=1S/C42H24N4O2/c1-3-11-27(12-4-1)39-44-40(29-21-20-26-19-18-25-10-7-8-15-30(25)32(26)22-29)46-41(45-39)31-16-9-17-35-38(31)33-23-37-34(24-36(33)47-35)43-42(48-37)28-13-5-2-6-14-28/h1-24H. The van der Waals surface area contributed by atoms with Crippen molar-refractivity contribution in [2.75, 3.05) is 0 Å². The molecule has 0 bridgehead atoms. The van der Waals surface area contributed by atoms with E-state index in [9.17, 15) is 0 Å². The maximum atomic E-state index is 6.40. The molecule has 0 aliphatic heterocycles. The fraction of sp³-hybridized carbons (Fsp3) is 0. The number of rotatable bonds is 4. The lowest BCUT2D eigenvalue weighted by Gasteiger charge is -2.10. The Labute approximate surface area is 274 Å². The summed E-state index contributed by atoms with van der Waals surface area (Å²) in [6, 6.07) is 49.1. The molecule has 0 aliphatic carbocycles. The molecule has 3 heterocycles. The van der Waals surface area contributed by atoms with Crippen molar-refractivity contribution >= 4 is 54.6 Å². The topological polar surface area (TPSA) is 77.8 Å². The number of oxazole rings is 1. The highest BCUT2D eigenvalue weighted by Crippen LogP contribution is 2.39. The first-order chi connectivity index (χ1) is 23.7.